The van der Waals surface area contributed by atoms with Gasteiger partial charge in [0.25, 0.3) is 0 Å². The van der Waals surface area contributed by atoms with E-state index in [0.717, 1.165) is 12.1 Å². The summed E-state index contributed by atoms with van der Waals surface area (Å²) in [5.41, 5.74) is 3.27. The van der Waals surface area contributed by atoms with Crippen LogP contribution in [-0.4, -0.2) is 24.3 Å². The van der Waals surface area contributed by atoms with Gasteiger partial charge in [-0.1, -0.05) is 42.0 Å². The molecule has 0 radical (unpaired) electrons. The van der Waals surface area contributed by atoms with Crippen LogP contribution >= 0.6 is 0 Å². The summed E-state index contributed by atoms with van der Waals surface area (Å²) in [6, 6.07) is 14.4. The Morgan fingerprint density at radius 3 is 2.48 bits per heavy atom. The molecule has 0 fully saturated rings. The molecule has 0 atom stereocenters. The number of carbonyl (C=O) groups is 1. The molecule has 21 heavy (non-hydrogen) atoms. The highest BCUT2D eigenvalue weighted by molar-refractivity contribution is 5.82. The maximum absolute atomic E-state index is 12.8. The van der Waals surface area contributed by atoms with E-state index in [1.165, 1.54) is 23.3 Å². The number of rotatable bonds is 6. The first-order valence-electron chi connectivity index (χ1n) is 7.03. The SMILES string of the molecule is Cc1cccc(CN(C)CC(=O)Cc2ccc(F)cc2)c1. The molecule has 2 nitrogen and oxygen atoms in total. The van der Waals surface area contributed by atoms with Crippen LogP contribution in [0.5, 0.6) is 0 Å². The Hall–Kier alpha value is -2.00. The van der Waals surface area contributed by atoms with E-state index in [9.17, 15) is 9.18 Å². The molecule has 0 N–H and O–H groups in total. The second-order valence-corrected chi connectivity index (χ2v) is 5.50. The van der Waals surface area contributed by atoms with Crippen LogP contribution in [0.15, 0.2) is 48.5 Å². The maximum Gasteiger partial charge on any atom is 0.151 e. The number of carbonyl (C=O) groups excluding carboxylic acids is 1. The average Bonchev–Trinajstić information content (AvgIpc) is 2.41. The van der Waals surface area contributed by atoms with Crippen molar-refractivity contribution in [2.75, 3.05) is 13.6 Å². The van der Waals surface area contributed by atoms with Crippen molar-refractivity contribution in [1.82, 2.24) is 4.90 Å². The monoisotopic (exact) mass is 285 g/mol. The van der Waals surface area contributed by atoms with Crippen LogP contribution in [-0.2, 0) is 17.8 Å². The molecule has 0 aliphatic heterocycles. The Balaban J connectivity index is 1.86. The highest BCUT2D eigenvalue weighted by Gasteiger charge is 2.08. The molecule has 110 valence electrons. The molecule has 2 aromatic carbocycles. The van der Waals surface area contributed by atoms with Gasteiger partial charge < -0.3 is 0 Å². The number of nitrogens with zero attached hydrogens (tertiary/aromatic N) is 1. The summed E-state index contributed by atoms with van der Waals surface area (Å²) in [6.45, 7) is 3.20. The molecule has 0 heterocycles. The van der Waals surface area contributed by atoms with Crippen LogP contribution in [0.25, 0.3) is 0 Å². The van der Waals surface area contributed by atoms with E-state index >= 15 is 0 Å². The van der Waals surface area contributed by atoms with Gasteiger partial charge in [0.1, 0.15) is 5.82 Å². The zero-order valence-corrected chi connectivity index (χ0v) is 12.5. The van der Waals surface area contributed by atoms with Gasteiger partial charge >= 0.3 is 0 Å². The Kier molecular flexibility index (Phi) is 5.23. The van der Waals surface area contributed by atoms with Crippen LogP contribution in [0.2, 0.25) is 0 Å². The zero-order chi connectivity index (χ0) is 15.2. The molecular weight excluding hydrogens is 265 g/mol. The molecule has 0 amide bonds. The van der Waals surface area contributed by atoms with Crippen molar-refractivity contribution in [2.45, 2.75) is 19.9 Å². The standard InChI is InChI=1S/C18H20FNO/c1-14-4-3-5-16(10-14)12-20(2)13-18(21)11-15-6-8-17(19)9-7-15/h3-10H,11-13H2,1-2H3. The van der Waals surface area contributed by atoms with Crippen molar-refractivity contribution < 1.29 is 9.18 Å². The molecule has 0 saturated carbocycles. The van der Waals surface area contributed by atoms with E-state index in [2.05, 4.69) is 25.1 Å². The Morgan fingerprint density at radius 1 is 1.10 bits per heavy atom. The second-order valence-electron chi connectivity index (χ2n) is 5.50. The van der Waals surface area contributed by atoms with Crippen LogP contribution < -0.4 is 0 Å². The molecule has 2 aromatic rings. The van der Waals surface area contributed by atoms with Gasteiger partial charge in [0.2, 0.25) is 0 Å². The molecule has 0 spiro atoms. The number of hydrogen-bond donors (Lipinski definition) is 0. The third-order valence-corrected chi connectivity index (χ3v) is 3.30. The number of ketones is 1. The van der Waals surface area contributed by atoms with Gasteiger partial charge in [0.15, 0.2) is 5.78 Å². The topological polar surface area (TPSA) is 20.3 Å². The minimum atomic E-state index is -0.275. The number of Topliss-reactive ketones (excluding diaryl/α,β-unsaturated/α-hetero) is 1. The lowest BCUT2D eigenvalue weighted by atomic mass is 10.1. The predicted octanol–water partition coefficient (Wildman–Crippen LogP) is 3.38. The zero-order valence-electron chi connectivity index (χ0n) is 12.5. The first-order chi connectivity index (χ1) is 10.0. The van der Waals surface area contributed by atoms with Crippen molar-refractivity contribution in [3.05, 3.63) is 71.0 Å². The van der Waals surface area contributed by atoms with Crippen molar-refractivity contribution >= 4 is 5.78 Å². The molecule has 0 unspecified atom stereocenters. The van der Waals surface area contributed by atoms with Crippen LogP contribution in [0.1, 0.15) is 16.7 Å². The van der Waals surface area contributed by atoms with E-state index in [4.69, 9.17) is 0 Å². The van der Waals surface area contributed by atoms with Crippen LogP contribution in [0.4, 0.5) is 4.39 Å². The van der Waals surface area contributed by atoms with Gasteiger partial charge in [-0.25, -0.2) is 4.39 Å². The fraction of sp³-hybridized carbons (Fsp3) is 0.278. The van der Waals surface area contributed by atoms with Gasteiger partial charge in [0, 0.05) is 13.0 Å². The summed E-state index contributed by atoms with van der Waals surface area (Å²) in [7, 11) is 1.94. The molecule has 0 aromatic heterocycles. The third kappa shape index (κ3) is 5.12. The summed E-state index contributed by atoms with van der Waals surface area (Å²) in [5.74, 6) is -0.139. The second kappa shape index (κ2) is 7.14. The molecule has 2 rings (SSSR count). The molecule has 0 bridgehead atoms. The Labute approximate surface area is 125 Å². The van der Waals surface area contributed by atoms with Gasteiger partial charge in [-0.05, 0) is 37.2 Å². The number of hydrogen-bond acceptors (Lipinski definition) is 2. The van der Waals surface area contributed by atoms with E-state index < -0.39 is 0 Å². The largest absolute Gasteiger partial charge is 0.298 e. The minimum absolute atomic E-state index is 0.136. The van der Waals surface area contributed by atoms with E-state index in [1.54, 1.807) is 12.1 Å². The van der Waals surface area contributed by atoms with Gasteiger partial charge in [-0.2, -0.15) is 0 Å². The number of aryl methyl sites for hydroxylation is 1. The van der Waals surface area contributed by atoms with Gasteiger partial charge in [0.05, 0.1) is 6.54 Å². The van der Waals surface area contributed by atoms with Crippen molar-refractivity contribution in [1.29, 1.82) is 0 Å². The lowest BCUT2D eigenvalue weighted by Gasteiger charge is -2.16. The number of benzene rings is 2. The van der Waals surface area contributed by atoms with Gasteiger partial charge in [-0.15, -0.1) is 0 Å². The first-order valence-corrected chi connectivity index (χ1v) is 7.03. The van der Waals surface area contributed by atoms with Gasteiger partial charge in [-0.3, -0.25) is 9.69 Å². The lowest BCUT2D eigenvalue weighted by molar-refractivity contribution is -0.119. The highest BCUT2D eigenvalue weighted by atomic mass is 19.1. The number of likely N-dealkylation sites (N-methyl/N-ethyl adjacent to an activating group) is 1. The van der Waals surface area contributed by atoms with E-state index in [0.29, 0.717) is 13.0 Å². The first kappa shape index (κ1) is 15.4. The number of halogens is 1. The van der Waals surface area contributed by atoms with E-state index in [1.807, 2.05) is 18.0 Å². The molecule has 3 heteroatoms. The predicted molar refractivity (Wildman–Crippen MR) is 82.6 cm³/mol. The molecule has 0 saturated heterocycles. The van der Waals surface area contributed by atoms with Crippen molar-refractivity contribution in [2.24, 2.45) is 0 Å². The third-order valence-electron chi connectivity index (χ3n) is 3.30. The van der Waals surface area contributed by atoms with Crippen LogP contribution in [0.3, 0.4) is 0 Å². The molecule has 0 aliphatic carbocycles. The van der Waals surface area contributed by atoms with E-state index in [-0.39, 0.29) is 11.6 Å². The summed E-state index contributed by atoms with van der Waals surface area (Å²) in [5, 5.41) is 0. The molecule has 0 aliphatic rings. The van der Waals surface area contributed by atoms with Crippen LogP contribution in [0, 0.1) is 12.7 Å². The lowest BCUT2D eigenvalue weighted by Crippen LogP contribution is -2.26. The minimum Gasteiger partial charge on any atom is -0.298 e. The Bertz CT molecular complexity index is 607. The summed E-state index contributed by atoms with van der Waals surface area (Å²) in [6.07, 6.45) is 0.346. The quantitative estimate of drug-likeness (QED) is 0.811. The van der Waals surface area contributed by atoms with Crippen molar-refractivity contribution in [3.8, 4) is 0 Å². The summed E-state index contributed by atoms with van der Waals surface area (Å²) in [4.78, 5) is 14.0. The maximum atomic E-state index is 12.8. The fourth-order valence-corrected chi connectivity index (χ4v) is 2.36. The summed E-state index contributed by atoms with van der Waals surface area (Å²) < 4.78 is 12.8. The average molecular weight is 285 g/mol. The Morgan fingerprint density at radius 2 is 1.81 bits per heavy atom. The summed E-state index contributed by atoms with van der Waals surface area (Å²) >= 11 is 0. The molecular formula is C18H20FNO. The normalized spacial score (nSPS) is 10.9. The van der Waals surface area contributed by atoms with Crippen molar-refractivity contribution in [3.63, 3.8) is 0 Å². The smallest absolute Gasteiger partial charge is 0.151 e. The fourth-order valence-electron chi connectivity index (χ4n) is 2.36. The highest BCUT2D eigenvalue weighted by Crippen LogP contribution is 2.08.